The van der Waals surface area contributed by atoms with Gasteiger partial charge in [-0.05, 0) is 30.9 Å². The maximum Gasteiger partial charge on any atom is 0.135 e. The molecule has 0 aliphatic heterocycles. The van der Waals surface area contributed by atoms with E-state index in [4.69, 9.17) is 10.5 Å². The van der Waals surface area contributed by atoms with Crippen LogP contribution in [0.1, 0.15) is 5.56 Å². The summed E-state index contributed by atoms with van der Waals surface area (Å²) in [4.78, 5) is 1.17. The monoisotopic (exact) mass is 197 g/mol. The third kappa shape index (κ3) is 2.39. The van der Waals surface area contributed by atoms with Gasteiger partial charge in [0.25, 0.3) is 0 Å². The lowest BCUT2D eigenvalue weighted by Gasteiger charge is -2.10. The number of hydrogen-bond donors (Lipinski definition) is 1. The van der Waals surface area contributed by atoms with Crippen LogP contribution in [0.5, 0.6) is 5.75 Å². The summed E-state index contributed by atoms with van der Waals surface area (Å²) in [5, 5.41) is 0. The average Bonchev–Trinajstić information content (AvgIpc) is 2.18. The van der Waals surface area contributed by atoms with E-state index in [1.807, 2.05) is 12.3 Å². The fourth-order valence-electron chi connectivity index (χ4n) is 1.31. The second kappa shape index (κ2) is 5.14. The Morgan fingerprint density at radius 3 is 2.77 bits per heavy atom. The highest BCUT2D eigenvalue weighted by Gasteiger charge is 2.06. The molecule has 1 rings (SSSR count). The zero-order valence-corrected chi connectivity index (χ0v) is 8.86. The van der Waals surface area contributed by atoms with Crippen molar-refractivity contribution in [1.82, 2.24) is 0 Å². The minimum absolute atomic E-state index is 0.661. The normalized spacial score (nSPS) is 10.1. The number of thioether (sulfide) groups is 1. The molecule has 2 N–H and O–H groups in total. The molecule has 0 bridgehead atoms. The maximum atomic E-state index is 5.51. The van der Waals surface area contributed by atoms with Crippen LogP contribution in [0.25, 0.3) is 0 Å². The molecule has 0 saturated heterocycles. The average molecular weight is 197 g/mol. The Hall–Kier alpha value is -0.670. The summed E-state index contributed by atoms with van der Waals surface area (Å²) in [6.07, 6.45) is 2.92. The van der Waals surface area contributed by atoms with Crippen molar-refractivity contribution in [1.29, 1.82) is 0 Å². The van der Waals surface area contributed by atoms with Crippen LogP contribution >= 0.6 is 11.8 Å². The standard InChI is InChI=1S/C10H15NOS/c1-12-10-8(6-7-11)4-3-5-9(10)13-2/h3-5H,6-7,11H2,1-2H3. The summed E-state index contributed by atoms with van der Waals surface area (Å²) < 4.78 is 5.34. The second-order valence-electron chi connectivity index (χ2n) is 2.69. The summed E-state index contributed by atoms with van der Waals surface area (Å²) in [5.41, 5.74) is 6.70. The molecule has 72 valence electrons. The van der Waals surface area contributed by atoms with E-state index in [0.29, 0.717) is 6.54 Å². The Morgan fingerprint density at radius 1 is 1.46 bits per heavy atom. The number of hydrogen-bond acceptors (Lipinski definition) is 3. The zero-order chi connectivity index (χ0) is 9.68. The van der Waals surface area contributed by atoms with Gasteiger partial charge in [0.1, 0.15) is 5.75 Å². The van der Waals surface area contributed by atoms with Crippen LogP contribution < -0.4 is 10.5 Å². The molecular formula is C10H15NOS. The van der Waals surface area contributed by atoms with E-state index in [1.165, 1.54) is 10.5 Å². The van der Waals surface area contributed by atoms with Gasteiger partial charge in [-0.3, -0.25) is 0 Å². The highest BCUT2D eigenvalue weighted by Crippen LogP contribution is 2.30. The second-order valence-corrected chi connectivity index (χ2v) is 3.54. The maximum absolute atomic E-state index is 5.51. The van der Waals surface area contributed by atoms with Crippen molar-refractivity contribution >= 4 is 11.8 Å². The first-order chi connectivity index (χ1) is 6.33. The molecule has 0 spiro atoms. The van der Waals surface area contributed by atoms with Crippen molar-refractivity contribution < 1.29 is 4.74 Å². The lowest BCUT2D eigenvalue weighted by molar-refractivity contribution is 0.399. The summed E-state index contributed by atoms with van der Waals surface area (Å²) >= 11 is 1.69. The van der Waals surface area contributed by atoms with Crippen LogP contribution in [0, 0.1) is 0 Å². The van der Waals surface area contributed by atoms with Crippen LogP contribution in [0.15, 0.2) is 23.1 Å². The van der Waals surface area contributed by atoms with E-state index in [2.05, 4.69) is 12.1 Å². The molecule has 0 aliphatic carbocycles. The van der Waals surface area contributed by atoms with E-state index in [1.54, 1.807) is 18.9 Å². The molecule has 1 aromatic carbocycles. The van der Waals surface area contributed by atoms with E-state index < -0.39 is 0 Å². The van der Waals surface area contributed by atoms with Crippen LogP contribution in [-0.4, -0.2) is 19.9 Å². The Labute approximate surface area is 83.5 Å². The van der Waals surface area contributed by atoms with E-state index >= 15 is 0 Å². The Kier molecular flexibility index (Phi) is 4.12. The van der Waals surface area contributed by atoms with Crippen molar-refractivity contribution in [2.24, 2.45) is 5.73 Å². The van der Waals surface area contributed by atoms with Crippen molar-refractivity contribution in [2.75, 3.05) is 19.9 Å². The minimum Gasteiger partial charge on any atom is -0.495 e. The highest BCUT2D eigenvalue weighted by molar-refractivity contribution is 7.98. The van der Waals surface area contributed by atoms with Crippen LogP contribution in [0.4, 0.5) is 0 Å². The first kappa shape index (κ1) is 10.4. The van der Waals surface area contributed by atoms with Crippen LogP contribution in [-0.2, 0) is 6.42 Å². The number of benzene rings is 1. The molecule has 0 heterocycles. The number of rotatable bonds is 4. The number of para-hydroxylation sites is 1. The highest BCUT2D eigenvalue weighted by atomic mass is 32.2. The van der Waals surface area contributed by atoms with Gasteiger partial charge >= 0.3 is 0 Å². The number of nitrogens with two attached hydrogens (primary N) is 1. The first-order valence-corrected chi connectivity index (χ1v) is 5.46. The van der Waals surface area contributed by atoms with Crippen molar-refractivity contribution in [3.05, 3.63) is 23.8 Å². The fourth-order valence-corrected chi connectivity index (χ4v) is 1.92. The Balaban J connectivity index is 3.03. The Bertz CT molecular complexity index is 276. The summed E-state index contributed by atoms with van der Waals surface area (Å²) in [5.74, 6) is 0.973. The molecule has 3 heteroatoms. The third-order valence-corrected chi connectivity index (χ3v) is 2.66. The van der Waals surface area contributed by atoms with Crippen LogP contribution in [0.3, 0.4) is 0 Å². The minimum atomic E-state index is 0.661. The van der Waals surface area contributed by atoms with Gasteiger partial charge in [0.15, 0.2) is 0 Å². The smallest absolute Gasteiger partial charge is 0.135 e. The molecule has 0 aliphatic rings. The molecule has 2 nitrogen and oxygen atoms in total. The number of methoxy groups -OCH3 is 1. The predicted molar refractivity (Wildman–Crippen MR) is 57.5 cm³/mol. The molecule has 0 saturated carbocycles. The van der Waals surface area contributed by atoms with Gasteiger partial charge in [0, 0.05) is 4.90 Å². The fraction of sp³-hybridized carbons (Fsp3) is 0.400. The predicted octanol–water partition coefficient (Wildman–Crippen LogP) is 1.92. The summed E-state index contributed by atoms with van der Waals surface area (Å²) in [7, 11) is 1.70. The van der Waals surface area contributed by atoms with Crippen molar-refractivity contribution in [3.63, 3.8) is 0 Å². The zero-order valence-electron chi connectivity index (χ0n) is 8.04. The van der Waals surface area contributed by atoms with Gasteiger partial charge < -0.3 is 10.5 Å². The first-order valence-electron chi connectivity index (χ1n) is 4.23. The molecular weight excluding hydrogens is 182 g/mol. The van der Waals surface area contributed by atoms with Crippen LogP contribution in [0.2, 0.25) is 0 Å². The van der Waals surface area contributed by atoms with Gasteiger partial charge in [-0.25, -0.2) is 0 Å². The summed E-state index contributed by atoms with van der Waals surface area (Å²) in [6, 6.07) is 6.16. The van der Waals surface area contributed by atoms with E-state index in [-0.39, 0.29) is 0 Å². The summed E-state index contributed by atoms with van der Waals surface area (Å²) in [6.45, 7) is 0.661. The van der Waals surface area contributed by atoms with Gasteiger partial charge in [0.2, 0.25) is 0 Å². The third-order valence-electron chi connectivity index (χ3n) is 1.90. The lowest BCUT2D eigenvalue weighted by Crippen LogP contribution is -2.04. The lowest BCUT2D eigenvalue weighted by atomic mass is 10.1. The molecule has 0 unspecified atom stereocenters. The quantitative estimate of drug-likeness (QED) is 0.749. The molecule has 0 atom stereocenters. The van der Waals surface area contributed by atoms with Gasteiger partial charge in [0.05, 0.1) is 7.11 Å². The van der Waals surface area contributed by atoms with E-state index in [0.717, 1.165) is 12.2 Å². The van der Waals surface area contributed by atoms with Gasteiger partial charge in [-0.1, -0.05) is 12.1 Å². The van der Waals surface area contributed by atoms with Gasteiger partial charge in [-0.15, -0.1) is 11.8 Å². The van der Waals surface area contributed by atoms with Crippen molar-refractivity contribution in [3.8, 4) is 5.75 Å². The molecule has 0 radical (unpaired) electrons. The Morgan fingerprint density at radius 2 is 2.23 bits per heavy atom. The number of ether oxygens (including phenoxy) is 1. The molecule has 13 heavy (non-hydrogen) atoms. The van der Waals surface area contributed by atoms with Gasteiger partial charge in [-0.2, -0.15) is 0 Å². The molecule has 0 aromatic heterocycles. The molecule has 0 fully saturated rings. The molecule has 1 aromatic rings. The largest absolute Gasteiger partial charge is 0.495 e. The van der Waals surface area contributed by atoms with E-state index in [9.17, 15) is 0 Å². The topological polar surface area (TPSA) is 35.2 Å². The molecule has 0 amide bonds. The SMILES string of the molecule is COc1c(CCN)cccc1SC. The van der Waals surface area contributed by atoms with Crippen molar-refractivity contribution in [2.45, 2.75) is 11.3 Å².